The fraction of sp³-hybridized carbons (Fsp3) is 0.0667. The Balaban J connectivity index is 2.30. The Labute approximate surface area is 101 Å². The summed E-state index contributed by atoms with van der Waals surface area (Å²) in [6.45, 7) is 0. The van der Waals surface area contributed by atoms with E-state index in [9.17, 15) is 4.79 Å². The lowest BCUT2D eigenvalue weighted by Crippen LogP contribution is -2.19. The molecule has 0 aliphatic heterocycles. The van der Waals surface area contributed by atoms with Crippen LogP contribution in [0.1, 0.15) is 21.5 Å². The number of benzene rings is 2. The third kappa shape index (κ3) is 2.72. The van der Waals surface area contributed by atoms with Gasteiger partial charge < -0.3 is 5.32 Å². The molecule has 0 fully saturated rings. The van der Waals surface area contributed by atoms with Crippen LogP contribution >= 0.6 is 0 Å². The first-order valence-corrected chi connectivity index (χ1v) is 5.52. The van der Waals surface area contributed by atoms with Crippen LogP contribution < -0.4 is 5.32 Å². The number of rotatable bonds is 3. The van der Waals surface area contributed by atoms with Gasteiger partial charge >= 0.3 is 0 Å². The molecule has 0 saturated heterocycles. The van der Waals surface area contributed by atoms with Crippen LogP contribution in [0.25, 0.3) is 0 Å². The van der Waals surface area contributed by atoms with Gasteiger partial charge in [0.05, 0.1) is 0 Å². The fourth-order valence-electron chi connectivity index (χ4n) is 1.69. The summed E-state index contributed by atoms with van der Waals surface area (Å²) in [5.41, 5.74) is 2.71. The Morgan fingerprint density at radius 3 is 2.35 bits per heavy atom. The Hall–Kier alpha value is -2.09. The average Bonchev–Trinajstić information content (AvgIpc) is 2.40. The molecule has 0 atom stereocenters. The van der Waals surface area contributed by atoms with Crippen molar-refractivity contribution in [1.82, 2.24) is 5.32 Å². The van der Waals surface area contributed by atoms with Crippen LogP contribution in [0.5, 0.6) is 0 Å². The predicted octanol–water partition coefficient (Wildman–Crippen LogP) is 2.65. The van der Waals surface area contributed by atoms with Crippen molar-refractivity contribution in [2.24, 2.45) is 0 Å². The molecule has 2 nitrogen and oxygen atoms in total. The first-order valence-electron chi connectivity index (χ1n) is 5.52. The first-order chi connectivity index (χ1) is 8.31. The summed E-state index contributed by atoms with van der Waals surface area (Å²) < 4.78 is 0. The van der Waals surface area contributed by atoms with Gasteiger partial charge in [-0.1, -0.05) is 48.5 Å². The molecule has 0 aromatic heterocycles. The highest BCUT2D eigenvalue weighted by atomic mass is 16.1. The third-order valence-corrected chi connectivity index (χ3v) is 2.55. The minimum atomic E-state index is -0.0622. The zero-order chi connectivity index (χ0) is 12.1. The molecule has 85 valence electrons. The van der Waals surface area contributed by atoms with E-state index in [1.807, 2.05) is 61.0 Å². The molecule has 1 radical (unpaired) electrons. The maximum absolute atomic E-state index is 11.7. The summed E-state index contributed by atoms with van der Waals surface area (Å²) in [7, 11) is 1.64. The highest BCUT2D eigenvalue weighted by molar-refractivity contribution is 5.96. The van der Waals surface area contributed by atoms with E-state index in [-0.39, 0.29) is 5.91 Å². The van der Waals surface area contributed by atoms with Crippen LogP contribution in [0.4, 0.5) is 0 Å². The van der Waals surface area contributed by atoms with E-state index in [1.54, 1.807) is 7.05 Å². The molecule has 0 unspecified atom stereocenters. The Kier molecular flexibility index (Phi) is 3.55. The molecule has 1 amide bonds. The van der Waals surface area contributed by atoms with E-state index in [4.69, 9.17) is 0 Å². The zero-order valence-electron chi connectivity index (χ0n) is 9.68. The van der Waals surface area contributed by atoms with E-state index >= 15 is 0 Å². The van der Waals surface area contributed by atoms with Crippen LogP contribution in [0.3, 0.4) is 0 Å². The lowest BCUT2D eigenvalue weighted by Gasteiger charge is -2.07. The second kappa shape index (κ2) is 5.30. The Morgan fingerprint density at radius 1 is 1.00 bits per heavy atom. The third-order valence-electron chi connectivity index (χ3n) is 2.55. The van der Waals surface area contributed by atoms with Crippen LogP contribution in [0.15, 0.2) is 54.6 Å². The van der Waals surface area contributed by atoms with Crippen molar-refractivity contribution >= 4 is 5.91 Å². The maximum atomic E-state index is 11.7. The molecule has 0 spiro atoms. The van der Waals surface area contributed by atoms with Gasteiger partial charge in [-0.25, -0.2) is 0 Å². The van der Waals surface area contributed by atoms with E-state index in [1.165, 1.54) is 0 Å². The topological polar surface area (TPSA) is 29.1 Å². The van der Waals surface area contributed by atoms with Gasteiger partial charge in [-0.3, -0.25) is 4.79 Å². The number of nitrogens with one attached hydrogen (secondary N) is 1. The van der Waals surface area contributed by atoms with E-state index < -0.39 is 0 Å². The largest absolute Gasteiger partial charge is 0.355 e. The molecule has 0 heterocycles. The number of hydrogen-bond acceptors (Lipinski definition) is 1. The van der Waals surface area contributed by atoms with Crippen molar-refractivity contribution in [3.05, 3.63) is 77.7 Å². The van der Waals surface area contributed by atoms with Gasteiger partial charge in [0, 0.05) is 19.0 Å². The van der Waals surface area contributed by atoms with Crippen molar-refractivity contribution < 1.29 is 4.79 Å². The van der Waals surface area contributed by atoms with Gasteiger partial charge in [0.1, 0.15) is 0 Å². The summed E-state index contributed by atoms with van der Waals surface area (Å²) in [5.74, 6) is -0.0622. The highest BCUT2D eigenvalue weighted by Gasteiger charge is 2.09. The number of hydrogen-bond donors (Lipinski definition) is 1. The second-order valence-electron chi connectivity index (χ2n) is 3.72. The number of amides is 1. The molecule has 2 heteroatoms. The normalized spacial score (nSPS) is 9.94. The molecule has 1 N–H and O–H groups in total. The standard InChI is InChI=1S/C15H14NO/c1-16-15(17)14-10-6-5-9-13(14)11-12-7-3-2-4-8-12/h2-11H,1H3,(H,16,17). The van der Waals surface area contributed by atoms with Gasteiger partial charge in [-0.05, 0) is 17.2 Å². The van der Waals surface area contributed by atoms with Gasteiger partial charge in [0.15, 0.2) is 0 Å². The minimum Gasteiger partial charge on any atom is -0.355 e. The summed E-state index contributed by atoms with van der Waals surface area (Å²) in [4.78, 5) is 11.7. The SMILES string of the molecule is CNC(=O)c1ccccc1[CH]c1ccccc1. The van der Waals surface area contributed by atoms with Gasteiger partial charge in [-0.2, -0.15) is 0 Å². The van der Waals surface area contributed by atoms with Crippen LogP contribution in [0.2, 0.25) is 0 Å². The van der Waals surface area contributed by atoms with Crippen LogP contribution in [-0.2, 0) is 0 Å². The fourth-order valence-corrected chi connectivity index (χ4v) is 1.69. The quantitative estimate of drug-likeness (QED) is 0.853. The zero-order valence-corrected chi connectivity index (χ0v) is 9.68. The second-order valence-corrected chi connectivity index (χ2v) is 3.72. The molecule has 2 rings (SSSR count). The summed E-state index contributed by atoms with van der Waals surface area (Å²) in [6.07, 6.45) is 2.00. The molecule has 0 bridgehead atoms. The lowest BCUT2D eigenvalue weighted by molar-refractivity contribution is 0.0962. The average molecular weight is 224 g/mol. The molecule has 17 heavy (non-hydrogen) atoms. The summed E-state index contributed by atoms with van der Waals surface area (Å²) >= 11 is 0. The van der Waals surface area contributed by atoms with Gasteiger partial charge in [0.25, 0.3) is 5.91 Å². The molecule has 0 aliphatic rings. The van der Waals surface area contributed by atoms with Crippen LogP contribution in [0, 0.1) is 6.42 Å². The van der Waals surface area contributed by atoms with Crippen molar-refractivity contribution in [2.45, 2.75) is 0 Å². The summed E-state index contributed by atoms with van der Waals surface area (Å²) in [6, 6.07) is 17.5. The highest BCUT2D eigenvalue weighted by Crippen LogP contribution is 2.16. The molecule has 0 saturated carbocycles. The molecule has 2 aromatic rings. The molecular formula is C15H14NO. The minimum absolute atomic E-state index is 0.0622. The van der Waals surface area contributed by atoms with Crippen molar-refractivity contribution in [2.75, 3.05) is 7.05 Å². The van der Waals surface area contributed by atoms with Crippen molar-refractivity contribution in [1.29, 1.82) is 0 Å². The number of carbonyl (C=O) groups excluding carboxylic acids is 1. The molecular weight excluding hydrogens is 210 g/mol. The predicted molar refractivity (Wildman–Crippen MR) is 68.8 cm³/mol. The van der Waals surface area contributed by atoms with Crippen molar-refractivity contribution in [3.8, 4) is 0 Å². The smallest absolute Gasteiger partial charge is 0.251 e. The van der Waals surface area contributed by atoms with E-state index in [0.29, 0.717) is 5.56 Å². The monoisotopic (exact) mass is 224 g/mol. The lowest BCUT2D eigenvalue weighted by atomic mass is 9.99. The Bertz CT molecular complexity index is 505. The van der Waals surface area contributed by atoms with E-state index in [0.717, 1.165) is 11.1 Å². The molecule has 0 aliphatic carbocycles. The summed E-state index contributed by atoms with van der Waals surface area (Å²) in [5, 5.41) is 2.65. The van der Waals surface area contributed by atoms with Crippen LogP contribution in [-0.4, -0.2) is 13.0 Å². The van der Waals surface area contributed by atoms with Crippen molar-refractivity contribution in [3.63, 3.8) is 0 Å². The van der Waals surface area contributed by atoms with Gasteiger partial charge in [0.2, 0.25) is 0 Å². The first kappa shape index (κ1) is 11.4. The maximum Gasteiger partial charge on any atom is 0.251 e. The molecule has 2 aromatic carbocycles. The Morgan fingerprint density at radius 2 is 1.65 bits per heavy atom. The number of carbonyl (C=O) groups is 1. The van der Waals surface area contributed by atoms with E-state index in [2.05, 4.69) is 5.32 Å². The van der Waals surface area contributed by atoms with Gasteiger partial charge in [-0.15, -0.1) is 0 Å².